The summed E-state index contributed by atoms with van der Waals surface area (Å²) in [5.74, 6) is 1.13. The number of hydrogen-bond acceptors (Lipinski definition) is 5. The van der Waals surface area contributed by atoms with Gasteiger partial charge in [0.2, 0.25) is 0 Å². The molecule has 2 amide bonds. The van der Waals surface area contributed by atoms with Crippen LogP contribution in [0.4, 0.5) is 10.6 Å². The molecule has 0 spiro atoms. The van der Waals surface area contributed by atoms with Crippen molar-refractivity contribution in [2.75, 3.05) is 31.1 Å². The second-order valence-corrected chi connectivity index (χ2v) is 5.80. The number of fused-ring (bicyclic) bond motifs is 1. The van der Waals surface area contributed by atoms with Gasteiger partial charge < -0.3 is 15.4 Å². The number of anilines is 1. The minimum Gasteiger partial charge on any atom is -0.367 e. The molecule has 2 aliphatic rings. The number of carbonyl (C=O) groups is 1. The number of nitrogens with zero attached hydrogens (tertiary/aromatic N) is 3. The predicted octanol–water partition coefficient (Wildman–Crippen LogP) is 1.27. The van der Waals surface area contributed by atoms with Gasteiger partial charge in [-0.2, -0.15) is 0 Å². The number of carbonyl (C=O) groups excluding carboxylic acids is 1. The van der Waals surface area contributed by atoms with Gasteiger partial charge in [0.25, 0.3) is 0 Å². The van der Waals surface area contributed by atoms with E-state index in [0.29, 0.717) is 42.9 Å². The van der Waals surface area contributed by atoms with Gasteiger partial charge in [-0.05, 0) is 20.3 Å². The summed E-state index contributed by atoms with van der Waals surface area (Å²) in [6, 6.07) is -0.0557. The normalized spacial score (nSPS) is 24.2. The van der Waals surface area contributed by atoms with Crippen LogP contribution in [-0.4, -0.2) is 48.3 Å². The Hall–Kier alpha value is -1.44. The molecule has 0 aliphatic carbocycles. The maximum atomic E-state index is 12.1. The standard InChI is InChI=1S/C14H20ClN5O2/c1-3-16-14(21)20-6-4-9-11(15)18-12(19-13(9)20)10-8(2)17-5-7-22-10/h8,10,17H,3-7H2,1-2H3,(H,16,21)/t8?,10-/m1/s1. The van der Waals surface area contributed by atoms with Crippen LogP contribution in [0.1, 0.15) is 31.3 Å². The summed E-state index contributed by atoms with van der Waals surface area (Å²) < 4.78 is 5.77. The van der Waals surface area contributed by atoms with Crippen LogP contribution in [0.25, 0.3) is 0 Å². The Morgan fingerprint density at radius 3 is 3.09 bits per heavy atom. The van der Waals surface area contributed by atoms with E-state index in [1.165, 1.54) is 0 Å². The van der Waals surface area contributed by atoms with Gasteiger partial charge >= 0.3 is 6.03 Å². The van der Waals surface area contributed by atoms with E-state index in [1.54, 1.807) is 4.90 Å². The first-order valence-electron chi connectivity index (χ1n) is 7.58. The van der Waals surface area contributed by atoms with Crippen molar-refractivity contribution in [2.45, 2.75) is 32.4 Å². The summed E-state index contributed by atoms with van der Waals surface area (Å²) in [7, 11) is 0. The maximum Gasteiger partial charge on any atom is 0.323 e. The minimum absolute atomic E-state index is 0.0992. The first-order chi connectivity index (χ1) is 10.6. The number of hydrogen-bond donors (Lipinski definition) is 2. The fourth-order valence-corrected chi connectivity index (χ4v) is 3.09. The summed E-state index contributed by atoms with van der Waals surface area (Å²) in [6.07, 6.45) is 0.415. The Labute approximate surface area is 134 Å². The van der Waals surface area contributed by atoms with Crippen molar-refractivity contribution in [3.8, 4) is 0 Å². The van der Waals surface area contributed by atoms with Gasteiger partial charge in [-0.1, -0.05) is 11.6 Å². The Kier molecular flexibility index (Phi) is 4.46. The minimum atomic E-state index is -0.256. The molecule has 0 radical (unpaired) electrons. The van der Waals surface area contributed by atoms with Gasteiger partial charge in [0.15, 0.2) is 5.82 Å². The fourth-order valence-electron chi connectivity index (χ4n) is 2.82. The molecule has 2 N–H and O–H groups in total. The van der Waals surface area contributed by atoms with Crippen LogP contribution in [0.3, 0.4) is 0 Å². The molecule has 0 aromatic carbocycles. The molecule has 1 unspecified atom stereocenters. The van der Waals surface area contributed by atoms with Crippen molar-refractivity contribution < 1.29 is 9.53 Å². The zero-order valence-corrected chi connectivity index (χ0v) is 13.5. The molecule has 1 saturated heterocycles. The molecule has 2 aliphatic heterocycles. The molecule has 3 heterocycles. The van der Waals surface area contributed by atoms with Crippen molar-refractivity contribution in [3.63, 3.8) is 0 Å². The number of rotatable bonds is 2. The molecule has 120 valence electrons. The van der Waals surface area contributed by atoms with Crippen LogP contribution in [-0.2, 0) is 11.2 Å². The van der Waals surface area contributed by atoms with Crippen LogP contribution in [0.2, 0.25) is 5.15 Å². The molecule has 1 aromatic rings. The van der Waals surface area contributed by atoms with Crippen molar-refractivity contribution in [3.05, 3.63) is 16.5 Å². The van der Waals surface area contributed by atoms with Gasteiger partial charge in [-0.3, -0.25) is 4.90 Å². The average Bonchev–Trinajstić information content (AvgIpc) is 2.92. The summed E-state index contributed by atoms with van der Waals surface area (Å²) in [5.41, 5.74) is 0.827. The average molecular weight is 326 g/mol. The third kappa shape index (κ3) is 2.76. The Morgan fingerprint density at radius 1 is 1.55 bits per heavy atom. The number of aromatic nitrogens is 2. The Bertz CT molecular complexity index is 583. The zero-order valence-electron chi connectivity index (χ0n) is 12.7. The van der Waals surface area contributed by atoms with E-state index in [1.807, 2.05) is 13.8 Å². The lowest BCUT2D eigenvalue weighted by atomic mass is 10.1. The molecule has 22 heavy (non-hydrogen) atoms. The predicted molar refractivity (Wildman–Crippen MR) is 83.3 cm³/mol. The molecule has 7 nitrogen and oxygen atoms in total. The smallest absolute Gasteiger partial charge is 0.323 e. The van der Waals surface area contributed by atoms with Gasteiger partial charge in [0.05, 0.1) is 6.61 Å². The molecule has 1 aromatic heterocycles. The van der Waals surface area contributed by atoms with Crippen molar-refractivity contribution in [1.82, 2.24) is 20.6 Å². The number of ether oxygens (including phenoxy) is 1. The van der Waals surface area contributed by atoms with E-state index < -0.39 is 0 Å². The van der Waals surface area contributed by atoms with Crippen molar-refractivity contribution in [1.29, 1.82) is 0 Å². The zero-order chi connectivity index (χ0) is 15.7. The number of halogens is 1. The van der Waals surface area contributed by atoms with E-state index >= 15 is 0 Å². The highest BCUT2D eigenvalue weighted by Gasteiger charge is 2.33. The quantitative estimate of drug-likeness (QED) is 0.801. The van der Waals surface area contributed by atoms with Crippen molar-refractivity contribution in [2.24, 2.45) is 0 Å². The third-order valence-electron chi connectivity index (χ3n) is 3.94. The highest BCUT2D eigenvalue weighted by atomic mass is 35.5. The first kappa shape index (κ1) is 15.5. The van der Waals surface area contributed by atoms with Crippen LogP contribution >= 0.6 is 11.6 Å². The van der Waals surface area contributed by atoms with E-state index in [9.17, 15) is 4.79 Å². The Morgan fingerprint density at radius 2 is 2.36 bits per heavy atom. The largest absolute Gasteiger partial charge is 0.367 e. The molecule has 0 bridgehead atoms. The lowest BCUT2D eigenvalue weighted by Crippen LogP contribution is -2.42. The monoisotopic (exact) mass is 325 g/mol. The van der Waals surface area contributed by atoms with Crippen LogP contribution in [0.15, 0.2) is 0 Å². The van der Waals surface area contributed by atoms with Crippen molar-refractivity contribution >= 4 is 23.4 Å². The van der Waals surface area contributed by atoms with E-state index in [-0.39, 0.29) is 18.2 Å². The van der Waals surface area contributed by atoms with E-state index in [2.05, 4.69) is 20.6 Å². The number of urea groups is 1. The molecule has 8 heteroatoms. The van der Waals surface area contributed by atoms with Crippen LogP contribution in [0.5, 0.6) is 0 Å². The number of morpholine rings is 1. The summed E-state index contributed by atoms with van der Waals surface area (Å²) in [5, 5.41) is 6.54. The van der Waals surface area contributed by atoms with Gasteiger partial charge in [-0.25, -0.2) is 14.8 Å². The highest BCUT2D eigenvalue weighted by molar-refractivity contribution is 6.30. The molecule has 1 fully saturated rings. The van der Waals surface area contributed by atoms with Crippen LogP contribution in [0, 0.1) is 0 Å². The number of nitrogens with one attached hydrogen (secondary N) is 2. The first-order valence-corrected chi connectivity index (χ1v) is 7.96. The topological polar surface area (TPSA) is 79.4 Å². The molecule has 2 atom stereocenters. The van der Waals surface area contributed by atoms with Gasteiger partial charge in [0.1, 0.15) is 17.1 Å². The van der Waals surface area contributed by atoms with E-state index in [4.69, 9.17) is 16.3 Å². The molecular weight excluding hydrogens is 306 g/mol. The van der Waals surface area contributed by atoms with Crippen LogP contribution < -0.4 is 15.5 Å². The summed E-state index contributed by atoms with van der Waals surface area (Å²) in [6.45, 7) is 6.46. The second kappa shape index (κ2) is 6.36. The summed E-state index contributed by atoms with van der Waals surface area (Å²) in [4.78, 5) is 22.7. The highest BCUT2D eigenvalue weighted by Crippen LogP contribution is 2.33. The fraction of sp³-hybridized carbons (Fsp3) is 0.643. The van der Waals surface area contributed by atoms with Gasteiger partial charge in [0, 0.05) is 31.2 Å². The lowest BCUT2D eigenvalue weighted by Gasteiger charge is -2.29. The SMILES string of the molecule is CCNC(=O)N1CCc2c(Cl)nc([C@@H]3OCCNC3C)nc21. The number of amides is 2. The molecular formula is C14H20ClN5O2. The molecule has 0 saturated carbocycles. The lowest BCUT2D eigenvalue weighted by molar-refractivity contribution is -0.00554. The maximum absolute atomic E-state index is 12.1. The molecule has 3 rings (SSSR count). The van der Waals surface area contributed by atoms with Gasteiger partial charge in [-0.15, -0.1) is 0 Å². The second-order valence-electron chi connectivity index (χ2n) is 5.45. The third-order valence-corrected chi connectivity index (χ3v) is 4.25. The van der Waals surface area contributed by atoms with E-state index in [0.717, 1.165) is 12.1 Å². The Balaban J connectivity index is 1.93. The summed E-state index contributed by atoms with van der Waals surface area (Å²) >= 11 is 6.30.